The molecule has 3 N–H and O–H groups in total. The van der Waals surface area contributed by atoms with Gasteiger partial charge in [0.25, 0.3) is 0 Å². The van der Waals surface area contributed by atoms with Gasteiger partial charge in [0.1, 0.15) is 0 Å². The Morgan fingerprint density at radius 2 is 1.88 bits per heavy atom. The molecular formula is C14H28N2O. The van der Waals surface area contributed by atoms with Crippen LogP contribution in [0, 0.1) is 5.92 Å². The van der Waals surface area contributed by atoms with Gasteiger partial charge in [0, 0.05) is 6.04 Å². The number of carbonyl (C=O) groups is 1. The molecule has 0 aromatic heterocycles. The molecule has 0 bridgehead atoms. The van der Waals surface area contributed by atoms with E-state index in [0.717, 1.165) is 18.8 Å². The normalized spacial score (nSPS) is 26.4. The summed E-state index contributed by atoms with van der Waals surface area (Å²) in [5, 5.41) is 3.16. The number of hydrogen-bond acceptors (Lipinski definition) is 2. The van der Waals surface area contributed by atoms with Crippen LogP contribution in [0.3, 0.4) is 0 Å². The number of nitrogens with two attached hydrogens (primary N) is 1. The SMILES string of the molecule is CCC(N)(CC)C(=O)NC1CCCC(C)CC1. The fourth-order valence-electron chi connectivity index (χ4n) is 2.53. The molecule has 1 amide bonds. The van der Waals surface area contributed by atoms with E-state index in [1.54, 1.807) is 0 Å². The summed E-state index contributed by atoms with van der Waals surface area (Å²) in [6.45, 7) is 6.27. The summed E-state index contributed by atoms with van der Waals surface area (Å²) in [6, 6.07) is 0.341. The van der Waals surface area contributed by atoms with Crippen molar-refractivity contribution < 1.29 is 4.79 Å². The topological polar surface area (TPSA) is 55.1 Å². The van der Waals surface area contributed by atoms with Crippen LogP contribution in [0.4, 0.5) is 0 Å². The van der Waals surface area contributed by atoms with Gasteiger partial charge in [-0.3, -0.25) is 4.79 Å². The summed E-state index contributed by atoms with van der Waals surface area (Å²) in [4.78, 5) is 12.2. The van der Waals surface area contributed by atoms with E-state index in [0.29, 0.717) is 18.9 Å². The third-order valence-corrected chi connectivity index (χ3v) is 4.31. The maximum Gasteiger partial charge on any atom is 0.240 e. The lowest BCUT2D eigenvalue weighted by Gasteiger charge is -2.28. The van der Waals surface area contributed by atoms with Crippen LogP contribution in [0.25, 0.3) is 0 Å². The number of rotatable bonds is 4. The molecule has 3 heteroatoms. The van der Waals surface area contributed by atoms with Gasteiger partial charge in [-0.1, -0.05) is 33.6 Å². The van der Waals surface area contributed by atoms with Crippen molar-refractivity contribution in [2.75, 3.05) is 0 Å². The lowest BCUT2D eigenvalue weighted by molar-refractivity contribution is -0.127. The van der Waals surface area contributed by atoms with Crippen molar-refractivity contribution in [2.24, 2.45) is 11.7 Å². The van der Waals surface area contributed by atoms with Crippen LogP contribution in [0.2, 0.25) is 0 Å². The van der Waals surface area contributed by atoms with E-state index in [4.69, 9.17) is 5.73 Å². The number of hydrogen-bond donors (Lipinski definition) is 2. The average molecular weight is 240 g/mol. The van der Waals surface area contributed by atoms with Crippen molar-refractivity contribution in [3.63, 3.8) is 0 Å². The molecule has 0 aliphatic heterocycles. The smallest absolute Gasteiger partial charge is 0.240 e. The molecule has 0 aromatic carbocycles. The third kappa shape index (κ3) is 3.98. The van der Waals surface area contributed by atoms with Gasteiger partial charge in [0.15, 0.2) is 0 Å². The highest BCUT2D eigenvalue weighted by atomic mass is 16.2. The summed E-state index contributed by atoms with van der Waals surface area (Å²) in [5.41, 5.74) is 5.44. The first-order chi connectivity index (χ1) is 8.01. The van der Waals surface area contributed by atoms with Gasteiger partial charge in [-0.2, -0.15) is 0 Å². The Kier molecular flexibility index (Phi) is 5.44. The summed E-state index contributed by atoms with van der Waals surface area (Å²) >= 11 is 0. The monoisotopic (exact) mass is 240 g/mol. The first-order valence-corrected chi connectivity index (χ1v) is 7.11. The predicted molar refractivity (Wildman–Crippen MR) is 71.7 cm³/mol. The molecule has 2 atom stereocenters. The quantitative estimate of drug-likeness (QED) is 0.742. The van der Waals surface area contributed by atoms with E-state index in [-0.39, 0.29) is 5.91 Å². The summed E-state index contributed by atoms with van der Waals surface area (Å²) in [6.07, 6.45) is 7.37. The van der Waals surface area contributed by atoms with E-state index in [1.165, 1.54) is 19.3 Å². The summed E-state index contributed by atoms with van der Waals surface area (Å²) < 4.78 is 0. The molecule has 3 nitrogen and oxygen atoms in total. The largest absolute Gasteiger partial charge is 0.352 e. The molecule has 0 radical (unpaired) electrons. The van der Waals surface area contributed by atoms with E-state index in [9.17, 15) is 4.79 Å². The highest BCUT2D eigenvalue weighted by molar-refractivity contribution is 5.86. The zero-order valence-electron chi connectivity index (χ0n) is 11.6. The zero-order chi connectivity index (χ0) is 12.9. The first-order valence-electron chi connectivity index (χ1n) is 7.11. The molecule has 0 heterocycles. The molecule has 1 aliphatic rings. The van der Waals surface area contributed by atoms with E-state index in [2.05, 4.69) is 12.2 Å². The van der Waals surface area contributed by atoms with E-state index >= 15 is 0 Å². The van der Waals surface area contributed by atoms with Crippen molar-refractivity contribution in [3.8, 4) is 0 Å². The van der Waals surface area contributed by atoms with Gasteiger partial charge < -0.3 is 11.1 Å². The lowest BCUT2D eigenvalue weighted by atomic mass is 9.92. The first kappa shape index (κ1) is 14.5. The van der Waals surface area contributed by atoms with Gasteiger partial charge >= 0.3 is 0 Å². The minimum atomic E-state index is -0.669. The van der Waals surface area contributed by atoms with Gasteiger partial charge in [-0.25, -0.2) is 0 Å². The molecule has 1 rings (SSSR count). The molecule has 0 aromatic rings. The van der Waals surface area contributed by atoms with Gasteiger partial charge in [0.05, 0.1) is 5.54 Å². The number of nitrogens with one attached hydrogen (secondary N) is 1. The molecule has 1 aliphatic carbocycles. The van der Waals surface area contributed by atoms with Gasteiger partial charge in [0.2, 0.25) is 5.91 Å². The van der Waals surface area contributed by atoms with Crippen molar-refractivity contribution >= 4 is 5.91 Å². The molecule has 1 fully saturated rings. The second kappa shape index (κ2) is 6.39. The molecule has 17 heavy (non-hydrogen) atoms. The van der Waals surface area contributed by atoms with Gasteiger partial charge in [-0.05, 0) is 38.0 Å². The van der Waals surface area contributed by atoms with Crippen molar-refractivity contribution in [2.45, 2.75) is 77.3 Å². The van der Waals surface area contributed by atoms with Crippen LogP contribution < -0.4 is 11.1 Å². The lowest BCUT2D eigenvalue weighted by Crippen LogP contribution is -2.55. The second-order valence-electron chi connectivity index (χ2n) is 5.65. The Hall–Kier alpha value is -0.570. The van der Waals surface area contributed by atoms with Gasteiger partial charge in [-0.15, -0.1) is 0 Å². The van der Waals surface area contributed by atoms with Crippen molar-refractivity contribution in [1.29, 1.82) is 0 Å². The molecule has 0 spiro atoms. The minimum absolute atomic E-state index is 0.0436. The highest BCUT2D eigenvalue weighted by Gasteiger charge is 2.31. The van der Waals surface area contributed by atoms with Crippen molar-refractivity contribution in [3.05, 3.63) is 0 Å². The Morgan fingerprint density at radius 1 is 1.24 bits per heavy atom. The maximum atomic E-state index is 12.2. The van der Waals surface area contributed by atoms with Crippen LogP contribution in [0.15, 0.2) is 0 Å². The Balaban J connectivity index is 2.50. The third-order valence-electron chi connectivity index (χ3n) is 4.31. The Labute approximate surface area is 106 Å². The molecule has 100 valence electrons. The Morgan fingerprint density at radius 3 is 2.47 bits per heavy atom. The molecule has 0 saturated heterocycles. The Bertz CT molecular complexity index is 249. The van der Waals surface area contributed by atoms with Crippen LogP contribution >= 0.6 is 0 Å². The van der Waals surface area contributed by atoms with Crippen LogP contribution in [-0.2, 0) is 4.79 Å². The summed E-state index contributed by atoms with van der Waals surface area (Å²) in [7, 11) is 0. The average Bonchev–Trinajstić information content (AvgIpc) is 2.53. The van der Waals surface area contributed by atoms with Crippen LogP contribution in [0.1, 0.15) is 65.7 Å². The second-order valence-corrected chi connectivity index (χ2v) is 5.65. The zero-order valence-corrected chi connectivity index (χ0v) is 11.6. The predicted octanol–water partition coefficient (Wildman–Crippen LogP) is 2.59. The maximum absolute atomic E-state index is 12.2. The standard InChI is InChI=1S/C14H28N2O/c1-4-14(15,5-2)13(17)16-12-8-6-7-11(3)9-10-12/h11-12H,4-10,15H2,1-3H3,(H,16,17). The molecule has 2 unspecified atom stereocenters. The van der Waals surface area contributed by atoms with Crippen LogP contribution in [-0.4, -0.2) is 17.5 Å². The number of carbonyl (C=O) groups excluding carboxylic acids is 1. The van der Waals surface area contributed by atoms with Crippen molar-refractivity contribution in [1.82, 2.24) is 5.32 Å². The van der Waals surface area contributed by atoms with Crippen LogP contribution in [0.5, 0.6) is 0 Å². The fraction of sp³-hybridized carbons (Fsp3) is 0.929. The fourth-order valence-corrected chi connectivity index (χ4v) is 2.53. The highest BCUT2D eigenvalue weighted by Crippen LogP contribution is 2.23. The van der Waals surface area contributed by atoms with E-state index in [1.807, 2.05) is 13.8 Å². The number of amides is 1. The molecular weight excluding hydrogens is 212 g/mol. The summed E-state index contributed by atoms with van der Waals surface area (Å²) in [5.74, 6) is 0.846. The molecule has 1 saturated carbocycles. The minimum Gasteiger partial charge on any atom is -0.352 e. The van der Waals surface area contributed by atoms with E-state index < -0.39 is 5.54 Å².